The van der Waals surface area contributed by atoms with E-state index in [2.05, 4.69) is 5.09 Å². The quantitative estimate of drug-likeness (QED) is 0.507. The molecule has 2 aromatic rings. The molecule has 2 aromatic carbocycles. The molecule has 0 aromatic heterocycles. The van der Waals surface area contributed by atoms with Crippen LogP contribution in [0.3, 0.4) is 0 Å². The summed E-state index contributed by atoms with van der Waals surface area (Å²) in [6.07, 6.45) is -0.300. The van der Waals surface area contributed by atoms with Gasteiger partial charge in [0.15, 0.2) is 0 Å². The SMILES string of the molecule is CC(C)OC(=O)C(C)NP(=O)(Oc1ccccc1)Oc1ccccc1Cl. The van der Waals surface area contributed by atoms with Crippen LogP contribution >= 0.6 is 19.3 Å². The standard InChI is InChI=1S/C18H21ClNO5P/c1-13(2)23-18(21)14(3)20-26(22,24-15-9-5-4-6-10-15)25-17-12-8-7-11-16(17)19/h4-14H,1-3H3,(H,20,22). The maximum atomic E-state index is 13.3. The summed E-state index contributed by atoms with van der Waals surface area (Å²) in [5.41, 5.74) is 0. The van der Waals surface area contributed by atoms with Crippen molar-refractivity contribution in [1.82, 2.24) is 5.09 Å². The van der Waals surface area contributed by atoms with E-state index in [0.29, 0.717) is 5.75 Å². The van der Waals surface area contributed by atoms with E-state index in [4.69, 9.17) is 25.4 Å². The van der Waals surface area contributed by atoms with Gasteiger partial charge in [-0.1, -0.05) is 41.9 Å². The zero-order valence-electron chi connectivity index (χ0n) is 14.7. The van der Waals surface area contributed by atoms with E-state index in [1.165, 1.54) is 6.92 Å². The van der Waals surface area contributed by atoms with E-state index in [1.54, 1.807) is 68.4 Å². The van der Waals surface area contributed by atoms with E-state index in [0.717, 1.165) is 0 Å². The minimum atomic E-state index is -3.98. The van der Waals surface area contributed by atoms with Crippen molar-refractivity contribution in [2.24, 2.45) is 0 Å². The molecule has 8 heteroatoms. The van der Waals surface area contributed by atoms with Gasteiger partial charge in [-0.25, -0.2) is 4.57 Å². The summed E-state index contributed by atoms with van der Waals surface area (Å²) in [5.74, 6) is -0.0789. The first-order valence-electron chi connectivity index (χ1n) is 8.06. The van der Waals surface area contributed by atoms with Crippen LogP contribution in [-0.2, 0) is 14.1 Å². The summed E-state index contributed by atoms with van der Waals surface area (Å²) in [6, 6.07) is 14.1. The molecule has 0 amide bonds. The van der Waals surface area contributed by atoms with E-state index >= 15 is 0 Å². The van der Waals surface area contributed by atoms with Gasteiger partial charge in [0.2, 0.25) is 0 Å². The number of nitrogens with one attached hydrogen (secondary N) is 1. The number of halogens is 1. The fraction of sp³-hybridized carbons (Fsp3) is 0.278. The van der Waals surface area contributed by atoms with Crippen molar-refractivity contribution in [2.75, 3.05) is 0 Å². The number of ether oxygens (including phenoxy) is 1. The molecule has 0 aliphatic heterocycles. The predicted octanol–water partition coefficient (Wildman–Crippen LogP) is 4.84. The van der Waals surface area contributed by atoms with Crippen LogP contribution in [0.25, 0.3) is 0 Å². The van der Waals surface area contributed by atoms with Crippen molar-refractivity contribution in [3.8, 4) is 11.5 Å². The molecule has 0 saturated heterocycles. The van der Waals surface area contributed by atoms with Gasteiger partial charge in [0, 0.05) is 0 Å². The number of carbonyl (C=O) groups excluding carboxylic acids is 1. The maximum Gasteiger partial charge on any atom is 0.513 e. The molecule has 0 aliphatic rings. The highest BCUT2D eigenvalue weighted by Gasteiger charge is 2.34. The molecule has 0 spiro atoms. The van der Waals surface area contributed by atoms with Crippen molar-refractivity contribution in [3.05, 3.63) is 59.6 Å². The monoisotopic (exact) mass is 397 g/mol. The van der Waals surface area contributed by atoms with Gasteiger partial charge in [0.05, 0.1) is 11.1 Å². The molecule has 0 saturated carbocycles. The van der Waals surface area contributed by atoms with E-state index < -0.39 is 19.8 Å². The first-order chi connectivity index (χ1) is 12.3. The Bertz CT molecular complexity index is 784. The van der Waals surface area contributed by atoms with Crippen LogP contribution in [0.15, 0.2) is 54.6 Å². The smallest absolute Gasteiger partial charge is 0.462 e. The van der Waals surface area contributed by atoms with Crippen LogP contribution in [0.4, 0.5) is 0 Å². The zero-order chi connectivity index (χ0) is 19.2. The number of hydrogen-bond acceptors (Lipinski definition) is 5. The Morgan fingerprint density at radius 2 is 1.62 bits per heavy atom. The average Bonchev–Trinajstić information content (AvgIpc) is 2.57. The average molecular weight is 398 g/mol. The molecule has 0 aliphatic carbocycles. The second kappa shape index (κ2) is 9.08. The van der Waals surface area contributed by atoms with Crippen molar-refractivity contribution in [2.45, 2.75) is 32.9 Å². The number of hydrogen-bond donors (Lipinski definition) is 1. The summed E-state index contributed by atoms with van der Waals surface area (Å²) in [7, 11) is -3.98. The molecule has 26 heavy (non-hydrogen) atoms. The molecular weight excluding hydrogens is 377 g/mol. The third-order valence-corrected chi connectivity index (χ3v) is 4.99. The lowest BCUT2D eigenvalue weighted by atomic mass is 10.3. The molecule has 6 nitrogen and oxygen atoms in total. The predicted molar refractivity (Wildman–Crippen MR) is 101 cm³/mol. The van der Waals surface area contributed by atoms with Crippen LogP contribution in [0.2, 0.25) is 5.02 Å². The highest BCUT2D eigenvalue weighted by atomic mass is 35.5. The van der Waals surface area contributed by atoms with Crippen molar-refractivity contribution < 1.29 is 23.1 Å². The van der Waals surface area contributed by atoms with Crippen molar-refractivity contribution in [3.63, 3.8) is 0 Å². The summed E-state index contributed by atoms with van der Waals surface area (Å²) >= 11 is 6.08. The number of carbonyl (C=O) groups is 1. The van der Waals surface area contributed by atoms with E-state index in [-0.39, 0.29) is 16.9 Å². The van der Waals surface area contributed by atoms with E-state index in [1.807, 2.05) is 0 Å². The molecule has 140 valence electrons. The van der Waals surface area contributed by atoms with E-state index in [9.17, 15) is 9.36 Å². The molecule has 2 atom stereocenters. The highest BCUT2D eigenvalue weighted by Crippen LogP contribution is 2.46. The molecule has 0 bridgehead atoms. The van der Waals surface area contributed by atoms with Crippen LogP contribution in [0.1, 0.15) is 20.8 Å². The van der Waals surface area contributed by atoms with Gasteiger partial charge in [0.1, 0.15) is 17.5 Å². The molecular formula is C18H21ClNO5P. The summed E-state index contributed by atoms with van der Waals surface area (Å²) in [5, 5.41) is 2.87. The molecule has 0 radical (unpaired) electrons. The van der Waals surface area contributed by atoms with Gasteiger partial charge in [-0.05, 0) is 45.0 Å². The van der Waals surface area contributed by atoms with Gasteiger partial charge in [-0.2, -0.15) is 5.09 Å². The van der Waals surface area contributed by atoms with Crippen molar-refractivity contribution in [1.29, 1.82) is 0 Å². The van der Waals surface area contributed by atoms with Gasteiger partial charge >= 0.3 is 13.7 Å². The first kappa shape index (κ1) is 20.3. The molecule has 2 rings (SSSR count). The largest absolute Gasteiger partial charge is 0.513 e. The van der Waals surface area contributed by atoms with Crippen LogP contribution in [-0.4, -0.2) is 18.1 Å². The highest BCUT2D eigenvalue weighted by molar-refractivity contribution is 7.52. The number of para-hydroxylation sites is 2. The third-order valence-electron chi connectivity index (χ3n) is 3.08. The van der Waals surface area contributed by atoms with Crippen LogP contribution in [0.5, 0.6) is 11.5 Å². The van der Waals surface area contributed by atoms with Gasteiger partial charge in [-0.3, -0.25) is 4.79 Å². The molecule has 1 N–H and O–H groups in total. The Hall–Kier alpha value is -2.01. The third kappa shape index (κ3) is 6.06. The van der Waals surface area contributed by atoms with Crippen molar-refractivity contribution >= 4 is 25.3 Å². The summed E-state index contributed by atoms with van der Waals surface area (Å²) in [4.78, 5) is 12.1. The Morgan fingerprint density at radius 3 is 2.23 bits per heavy atom. The second-order valence-corrected chi connectivity index (χ2v) is 7.79. The number of esters is 1. The summed E-state index contributed by atoms with van der Waals surface area (Å²) in [6.45, 7) is 4.97. The van der Waals surface area contributed by atoms with Gasteiger partial charge in [0.25, 0.3) is 0 Å². The van der Waals surface area contributed by atoms with Crippen LogP contribution < -0.4 is 14.1 Å². The normalized spacial score (nSPS) is 14.3. The Labute approximate surface area is 158 Å². The Kier molecular flexibility index (Phi) is 7.09. The number of rotatable bonds is 8. The molecule has 0 fully saturated rings. The minimum absolute atomic E-state index is 0.172. The fourth-order valence-electron chi connectivity index (χ4n) is 1.96. The maximum absolute atomic E-state index is 13.3. The molecule has 0 heterocycles. The Morgan fingerprint density at radius 1 is 1.00 bits per heavy atom. The molecule has 2 unspecified atom stereocenters. The second-order valence-electron chi connectivity index (χ2n) is 5.76. The Balaban J connectivity index is 2.24. The van der Waals surface area contributed by atoms with Gasteiger partial charge in [-0.15, -0.1) is 0 Å². The lowest BCUT2D eigenvalue weighted by molar-refractivity contribution is -0.149. The lowest BCUT2D eigenvalue weighted by Gasteiger charge is -2.23. The number of benzene rings is 2. The fourth-order valence-corrected chi connectivity index (χ4v) is 3.73. The topological polar surface area (TPSA) is 73.9 Å². The minimum Gasteiger partial charge on any atom is -0.462 e. The van der Waals surface area contributed by atoms with Gasteiger partial charge < -0.3 is 13.8 Å². The first-order valence-corrected chi connectivity index (χ1v) is 9.98. The summed E-state index contributed by atoms with van der Waals surface area (Å²) < 4.78 is 29.5. The lowest BCUT2D eigenvalue weighted by Crippen LogP contribution is -2.36. The zero-order valence-corrected chi connectivity index (χ0v) is 16.4. The van der Waals surface area contributed by atoms with Crippen LogP contribution in [0, 0.1) is 0 Å².